The van der Waals surface area contributed by atoms with Gasteiger partial charge in [-0.15, -0.1) is 0 Å². The standard InChI is InChI=1S/C16H15N3OS/c20-15(17-10-12-6-2-1-3-7-12)11-18-16-13-8-4-5-9-14(13)19-21-16/h1-9,18H,10-11H2,(H,17,20). The van der Waals surface area contributed by atoms with E-state index in [9.17, 15) is 4.79 Å². The largest absolute Gasteiger partial charge is 0.366 e. The van der Waals surface area contributed by atoms with Gasteiger partial charge in [-0.05, 0) is 29.2 Å². The lowest BCUT2D eigenvalue weighted by Gasteiger charge is -2.06. The number of carbonyl (C=O) groups excluding carboxylic acids is 1. The van der Waals surface area contributed by atoms with Crippen molar-refractivity contribution in [3.05, 3.63) is 60.2 Å². The SMILES string of the molecule is O=C(CNc1snc2ccccc12)NCc1ccccc1. The molecule has 0 bridgehead atoms. The van der Waals surface area contributed by atoms with E-state index in [-0.39, 0.29) is 12.5 Å². The average molecular weight is 297 g/mol. The second kappa shape index (κ2) is 6.37. The van der Waals surface area contributed by atoms with Crippen molar-refractivity contribution in [1.82, 2.24) is 9.69 Å². The fourth-order valence-corrected chi connectivity index (χ4v) is 2.79. The van der Waals surface area contributed by atoms with Gasteiger partial charge < -0.3 is 10.6 Å². The minimum absolute atomic E-state index is 0.0312. The van der Waals surface area contributed by atoms with E-state index >= 15 is 0 Å². The van der Waals surface area contributed by atoms with Gasteiger partial charge in [-0.1, -0.05) is 42.5 Å². The Labute approximate surface area is 127 Å². The molecule has 1 heterocycles. The Kier molecular flexibility index (Phi) is 4.12. The Hall–Kier alpha value is -2.40. The number of hydrogen-bond acceptors (Lipinski definition) is 4. The molecule has 0 aliphatic carbocycles. The molecule has 2 N–H and O–H groups in total. The van der Waals surface area contributed by atoms with E-state index in [4.69, 9.17) is 0 Å². The van der Waals surface area contributed by atoms with E-state index in [1.54, 1.807) is 0 Å². The van der Waals surface area contributed by atoms with Crippen LogP contribution in [0.5, 0.6) is 0 Å². The monoisotopic (exact) mass is 297 g/mol. The minimum atomic E-state index is -0.0312. The molecule has 4 nitrogen and oxygen atoms in total. The molecule has 0 aliphatic heterocycles. The third kappa shape index (κ3) is 3.38. The molecule has 0 radical (unpaired) electrons. The van der Waals surface area contributed by atoms with E-state index in [1.807, 2.05) is 54.6 Å². The maximum Gasteiger partial charge on any atom is 0.239 e. The van der Waals surface area contributed by atoms with Crippen LogP contribution in [0.15, 0.2) is 54.6 Å². The van der Waals surface area contributed by atoms with Crippen LogP contribution >= 0.6 is 11.5 Å². The molecule has 0 spiro atoms. The predicted molar refractivity (Wildman–Crippen MR) is 86.4 cm³/mol. The van der Waals surface area contributed by atoms with Crippen molar-refractivity contribution in [3.8, 4) is 0 Å². The molecule has 0 fully saturated rings. The number of amides is 1. The molecule has 0 saturated carbocycles. The van der Waals surface area contributed by atoms with Gasteiger partial charge in [0.2, 0.25) is 5.91 Å². The van der Waals surface area contributed by atoms with Crippen LogP contribution < -0.4 is 10.6 Å². The lowest BCUT2D eigenvalue weighted by atomic mass is 10.2. The first-order chi connectivity index (χ1) is 10.3. The van der Waals surface area contributed by atoms with Gasteiger partial charge in [-0.2, -0.15) is 4.37 Å². The molecule has 0 unspecified atom stereocenters. The Balaban J connectivity index is 1.54. The molecule has 0 aliphatic rings. The van der Waals surface area contributed by atoms with Gasteiger partial charge in [0.05, 0.1) is 12.1 Å². The summed E-state index contributed by atoms with van der Waals surface area (Å²) < 4.78 is 4.34. The average Bonchev–Trinajstić information content (AvgIpc) is 2.95. The van der Waals surface area contributed by atoms with E-state index in [0.29, 0.717) is 6.54 Å². The molecule has 21 heavy (non-hydrogen) atoms. The minimum Gasteiger partial charge on any atom is -0.366 e. The number of rotatable bonds is 5. The first kappa shape index (κ1) is 13.6. The highest BCUT2D eigenvalue weighted by Gasteiger charge is 2.06. The Morgan fingerprint density at radius 1 is 1.05 bits per heavy atom. The number of hydrogen-bond donors (Lipinski definition) is 2. The zero-order valence-corrected chi connectivity index (χ0v) is 12.2. The lowest BCUT2D eigenvalue weighted by Crippen LogP contribution is -2.29. The van der Waals surface area contributed by atoms with Crippen molar-refractivity contribution in [1.29, 1.82) is 0 Å². The molecule has 3 aromatic rings. The van der Waals surface area contributed by atoms with Crippen LogP contribution in [0.2, 0.25) is 0 Å². The first-order valence-electron chi connectivity index (χ1n) is 6.72. The van der Waals surface area contributed by atoms with E-state index < -0.39 is 0 Å². The Morgan fingerprint density at radius 3 is 2.67 bits per heavy atom. The Morgan fingerprint density at radius 2 is 1.81 bits per heavy atom. The molecule has 2 aromatic carbocycles. The van der Waals surface area contributed by atoms with Crippen LogP contribution in [0.25, 0.3) is 10.9 Å². The molecule has 5 heteroatoms. The molecular weight excluding hydrogens is 282 g/mol. The van der Waals surface area contributed by atoms with E-state index in [1.165, 1.54) is 11.5 Å². The van der Waals surface area contributed by atoms with Gasteiger partial charge in [0.15, 0.2) is 0 Å². The predicted octanol–water partition coefficient (Wildman–Crippen LogP) is 3.02. The fourth-order valence-electron chi connectivity index (χ4n) is 2.04. The number of anilines is 1. The van der Waals surface area contributed by atoms with Crippen molar-refractivity contribution in [2.45, 2.75) is 6.54 Å². The number of carbonyl (C=O) groups is 1. The van der Waals surface area contributed by atoms with Crippen LogP contribution in [0.3, 0.4) is 0 Å². The molecule has 3 rings (SSSR count). The molecular formula is C16H15N3OS. The normalized spacial score (nSPS) is 10.5. The summed E-state index contributed by atoms with van der Waals surface area (Å²) in [5, 5.41) is 8.02. The number of nitrogens with one attached hydrogen (secondary N) is 2. The molecule has 106 valence electrons. The van der Waals surface area contributed by atoms with Gasteiger partial charge in [0.1, 0.15) is 5.00 Å². The van der Waals surface area contributed by atoms with Crippen LogP contribution in [0, 0.1) is 0 Å². The summed E-state index contributed by atoms with van der Waals surface area (Å²) in [7, 11) is 0. The zero-order valence-electron chi connectivity index (χ0n) is 11.4. The van der Waals surface area contributed by atoms with Gasteiger partial charge in [-0.3, -0.25) is 4.79 Å². The van der Waals surface area contributed by atoms with Crippen molar-refractivity contribution in [2.75, 3.05) is 11.9 Å². The maximum atomic E-state index is 11.9. The van der Waals surface area contributed by atoms with Crippen molar-refractivity contribution >= 4 is 33.3 Å². The van der Waals surface area contributed by atoms with Crippen LogP contribution in [0.4, 0.5) is 5.00 Å². The highest BCUT2D eigenvalue weighted by Crippen LogP contribution is 2.26. The van der Waals surface area contributed by atoms with E-state index in [0.717, 1.165) is 21.5 Å². The number of nitrogens with zero attached hydrogens (tertiary/aromatic N) is 1. The van der Waals surface area contributed by atoms with Crippen LogP contribution in [0.1, 0.15) is 5.56 Å². The van der Waals surface area contributed by atoms with Crippen LogP contribution in [-0.4, -0.2) is 16.8 Å². The second-order valence-corrected chi connectivity index (χ2v) is 5.42. The fraction of sp³-hybridized carbons (Fsp3) is 0.125. The molecule has 0 atom stereocenters. The summed E-state index contributed by atoms with van der Waals surface area (Å²) in [6, 6.07) is 17.8. The summed E-state index contributed by atoms with van der Waals surface area (Å²) in [5.41, 5.74) is 2.05. The summed E-state index contributed by atoms with van der Waals surface area (Å²) >= 11 is 1.38. The quantitative estimate of drug-likeness (QED) is 0.761. The topological polar surface area (TPSA) is 54.0 Å². The molecule has 0 saturated heterocycles. The first-order valence-corrected chi connectivity index (χ1v) is 7.49. The van der Waals surface area contributed by atoms with Gasteiger partial charge in [0, 0.05) is 11.9 Å². The molecule has 1 amide bonds. The summed E-state index contributed by atoms with van der Waals surface area (Å²) in [5.74, 6) is -0.0312. The van der Waals surface area contributed by atoms with E-state index in [2.05, 4.69) is 15.0 Å². The Bertz CT molecular complexity index is 739. The van der Waals surface area contributed by atoms with Crippen LogP contribution in [-0.2, 0) is 11.3 Å². The van der Waals surface area contributed by atoms with Gasteiger partial charge in [-0.25, -0.2) is 0 Å². The summed E-state index contributed by atoms with van der Waals surface area (Å²) in [4.78, 5) is 11.9. The summed E-state index contributed by atoms with van der Waals surface area (Å²) in [6.45, 7) is 0.795. The smallest absolute Gasteiger partial charge is 0.239 e. The van der Waals surface area contributed by atoms with Crippen molar-refractivity contribution in [2.24, 2.45) is 0 Å². The summed E-state index contributed by atoms with van der Waals surface area (Å²) in [6.07, 6.45) is 0. The second-order valence-electron chi connectivity index (χ2n) is 4.64. The maximum absolute atomic E-state index is 11.9. The molecule has 1 aromatic heterocycles. The third-order valence-electron chi connectivity index (χ3n) is 3.13. The zero-order chi connectivity index (χ0) is 14.5. The third-order valence-corrected chi connectivity index (χ3v) is 3.96. The van der Waals surface area contributed by atoms with Gasteiger partial charge in [0.25, 0.3) is 0 Å². The number of benzene rings is 2. The number of fused-ring (bicyclic) bond motifs is 1. The lowest BCUT2D eigenvalue weighted by molar-refractivity contribution is -0.119. The highest BCUT2D eigenvalue weighted by atomic mass is 32.1. The number of aromatic nitrogens is 1. The van der Waals surface area contributed by atoms with Crippen molar-refractivity contribution in [3.63, 3.8) is 0 Å². The highest BCUT2D eigenvalue weighted by molar-refractivity contribution is 7.11. The van der Waals surface area contributed by atoms with Gasteiger partial charge >= 0.3 is 0 Å². The van der Waals surface area contributed by atoms with Crippen molar-refractivity contribution < 1.29 is 4.79 Å².